The summed E-state index contributed by atoms with van der Waals surface area (Å²) >= 11 is 5.68. The second-order valence-electron chi connectivity index (χ2n) is 4.53. The van der Waals surface area contributed by atoms with Gasteiger partial charge in [-0.15, -0.1) is 13.2 Å². The summed E-state index contributed by atoms with van der Waals surface area (Å²) in [6.45, 7) is 0. The molecule has 2 aromatic rings. The predicted molar refractivity (Wildman–Crippen MR) is 78.1 cm³/mol. The van der Waals surface area contributed by atoms with Gasteiger partial charge in [0, 0.05) is 17.2 Å². The minimum absolute atomic E-state index is 0.131. The molecule has 0 spiro atoms. The highest BCUT2D eigenvalue weighted by molar-refractivity contribution is 6.30. The average molecular weight is 381 g/mol. The van der Waals surface area contributed by atoms with Crippen molar-refractivity contribution in [2.24, 2.45) is 0 Å². The van der Waals surface area contributed by atoms with Crippen LogP contribution in [0.5, 0.6) is 23.0 Å². The normalized spacial score (nSPS) is 11.1. The molecule has 0 saturated carbocycles. The first-order valence-electron chi connectivity index (χ1n) is 6.44. The van der Waals surface area contributed by atoms with Crippen molar-refractivity contribution in [1.82, 2.24) is 0 Å². The van der Waals surface area contributed by atoms with Gasteiger partial charge >= 0.3 is 12.3 Å². The molecule has 0 saturated heterocycles. The van der Waals surface area contributed by atoms with Crippen molar-refractivity contribution in [1.29, 1.82) is 0 Å². The smallest absolute Gasteiger partial charge is 0.493 e. The van der Waals surface area contributed by atoms with E-state index in [1.165, 1.54) is 0 Å². The lowest BCUT2D eigenvalue weighted by molar-refractivity contribution is -0.274. The fourth-order valence-corrected chi connectivity index (χ4v) is 2.08. The van der Waals surface area contributed by atoms with E-state index >= 15 is 0 Å². The van der Waals surface area contributed by atoms with Crippen molar-refractivity contribution >= 4 is 17.6 Å². The molecular weight excluding hydrogens is 372 g/mol. The van der Waals surface area contributed by atoms with Crippen molar-refractivity contribution in [2.75, 3.05) is 7.11 Å². The van der Waals surface area contributed by atoms with E-state index in [9.17, 15) is 22.4 Å². The van der Waals surface area contributed by atoms with Gasteiger partial charge in [-0.05, 0) is 18.2 Å². The van der Waals surface area contributed by atoms with E-state index in [-0.39, 0.29) is 16.5 Å². The number of carboxylic acids is 1. The molecule has 0 aromatic heterocycles. The third-order valence-electron chi connectivity index (χ3n) is 2.82. The predicted octanol–water partition coefficient (Wildman–Crippen LogP) is 4.88. The molecule has 134 valence electrons. The number of halogens is 5. The summed E-state index contributed by atoms with van der Waals surface area (Å²) in [5.41, 5.74) is -0.790. The fraction of sp³-hybridized carbons (Fsp3) is 0.133. The fourth-order valence-electron chi connectivity index (χ4n) is 1.89. The first kappa shape index (κ1) is 18.7. The molecule has 0 aliphatic rings. The van der Waals surface area contributed by atoms with Gasteiger partial charge < -0.3 is 19.3 Å². The van der Waals surface area contributed by atoms with Gasteiger partial charge in [0.05, 0.1) is 7.11 Å². The van der Waals surface area contributed by atoms with Gasteiger partial charge in [0.2, 0.25) is 0 Å². The molecule has 25 heavy (non-hydrogen) atoms. The number of ether oxygens (including phenoxy) is 3. The maximum absolute atomic E-state index is 13.8. The second kappa shape index (κ2) is 7.06. The maximum Gasteiger partial charge on any atom is 0.573 e. The molecule has 0 amide bonds. The van der Waals surface area contributed by atoms with E-state index < -0.39 is 35.2 Å². The standard InChI is InChI=1S/C15H9ClF4O5/c1-23-11-6-8(25-15(18,19)20)2-3-10(11)24-12-5-7(16)4-9(17)13(12)14(21)22/h2-6H,1H3,(H,21,22). The molecule has 0 aliphatic heterocycles. The minimum atomic E-state index is -4.90. The number of rotatable bonds is 5. The summed E-state index contributed by atoms with van der Waals surface area (Å²) in [4.78, 5) is 11.2. The zero-order valence-corrected chi connectivity index (χ0v) is 13.1. The van der Waals surface area contributed by atoms with Crippen molar-refractivity contribution in [3.63, 3.8) is 0 Å². The Hall–Kier alpha value is -2.68. The summed E-state index contributed by atoms with van der Waals surface area (Å²) in [7, 11) is 1.15. The van der Waals surface area contributed by atoms with Crippen LogP contribution >= 0.6 is 11.6 Å². The van der Waals surface area contributed by atoms with E-state index in [1.54, 1.807) is 0 Å². The molecule has 5 nitrogen and oxygen atoms in total. The Bertz CT molecular complexity index is 807. The largest absolute Gasteiger partial charge is 0.573 e. The average Bonchev–Trinajstić information content (AvgIpc) is 2.46. The SMILES string of the molecule is COc1cc(OC(F)(F)F)ccc1Oc1cc(Cl)cc(F)c1C(=O)O. The molecule has 2 aromatic carbocycles. The van der Waals surface area contributed by atoms with E-state index in [0.29, 0.717) is 0 Å². The minimum Gasteiger partial charge on any atom is -0.493 e. The highest BCUT2D eigenvalue weighted by atomic mass is 35.5. The Morgan fingerprint density at radius 3 is 2.36 bits per heavy atom. The molecule has 0 unspecified atom stereocenters. The van der Waals surface area contributed by atoms with Gasteiger partial charge in [-0.1, -0.05) is 11.6 Å². The molecule has 0 aliphatic carbocycles. The summed E-state index contributed by atoms with van der Waals surface area (Å²) < 4.78 is 64.4. The lowest BCUT2D eigenvalue weighted by Gasteiger charge is -2.15. The van der Waals surface area contributed by atoms with Gasteiger partial charge in [0.15, 0.2) is 11.5 Å². The van der Waals surface area contributed by atoms with Crippen LogP contribution < -0.4 is 14.2 Å². The monoisotopic (exact) mass is 380 g/mol. The molecule has 0 fully saturated rings. The number of aromatic carboxylic acids is 1. The maximum atomic E-state index is 13.8. The molecule has 0 bridgehead atoms. The number of hydrogen-bond acceptors (Lipinski definition) is 4. The Labute approximate surface area is 143 Å². The van der Waals surface area contributed by atoms with Crippen LogP contribution in [0.15, 0.2) is 30.3 Å². The van der Waals surface area contributed by atoms with E-state index in [1.807, 2.05) is 0 Å². The molecule has 0 heterocycles. The third kappa shape index (κ3) is 4.66. The van der Waals surface area contributed by atoms with E-state index in [4.69, 9.17) is 26.2 Å². The lowest BCUT2D eigenvalue weighted by atomic mass is 10.2. The Balaban J connectivity index is 2.42. The molecule has 0 radical (unpaired) electrons. The van der Waals surface area contributed by atoms with E-state index in [0.717, 1.165) is 37.4 Å². The van der Waals surface area contributed by atoms with Crippen LogP contribution in [0.3, 0.4) is 0 Å². The second-order valence-corrected chi connectivity index (χ2v) is 4.96. The zero-order valence-electron chi connectivity index (χ0n) is 12.4. The summed E-state index contributed by atoms with van der Waals surface area (Å²) in [5.74, 6) is -4.13. The quantitative estimate of drug-likeness (QED) is 0.749. The van der Waals surface area contributed by atoms with Crippen LogP contribution in [0.4, 0.5) is 17.6 Å². The lowest BCUT2D eigenvalue weighted by Crippen LogP contribution is -2.17. The highest BCUT2D eigenvalue weighted by Gasteiger charge is 2.31. The summed E-state index contributed by atoms with van der Waals surface area (Å²) in [5, 5.41) is 8.94. The zero-order chi connectivity index (χ0) is 18.8. The number of alkyl halides is 3. The third-order valence-corrected chi connectivity index (χ3v) is 3.04. The summed E-state index contributed by atoms with van der Waals surface area (Å²) in [6, 6.07) is 4.68. The van der Waals surface area contributed by atoms with Crippen LogP contribution in [0, 0.1) is 5.82 Å². The topological polar surface area (TPSA) is 65.0 Å². The van der Waals surface area contributed by atoms with Crippen LogP contribution in [0.1, 0.15) is 10.4 Å². The highest BCUT2D eigenvalue weighted by Crippen LogP contribution is 2.38. The number of hydrogen-bond donors (Lipinski definition) is 1. The number of benzene rings is 2. The van der Waals surface area contributed by atoms with Gasteiger partial charge in [-0.2, -0.15) is 0 Å². The van der Waals surface area contributed by atoms with Gasteiger partial charge in [0.1, 0.15) is 22.9 Å². The number of carboxylic acid groups (broad SMARTS) is 1. The van der Waals surface area contributed by atoms with Crippen LogP contribution in [-0.2, 0) is 0 Å². The van der Waals surface area contributed by atoms with E-state index in [2.05, 4.69) is 4.74 Å². The first-order chi connectivity index (χ1) is 11.6. The first-order valence-corrected chi connectivity index (χ1v) is 6.82. The van der Waals surface area contributed by atoms with Crippen LogP contribution in [0.25, 0.3) is 0 Å². The molecule has 10 heteroatoms. The van der Waals surface area contributed by atoms with Gasteiger partial charge in [-0.25, -0.2) is 9.18 Å². The Kier molecular flexibility index (Phi) is 5.27. The van der Waals surface area contributed by atoms with Gasteiger partial charge in [0.25, 0.3) is 0 Å². The van der Waals surface area contributed by atoms with Crippen molar-refractivity contribution in [2.45, 2.75) is 6.36 Å². The molecule has 2 rings (SSSR count). The molecule has 0 atom stereocenters. The summed E-state index contributed by atoms with van der Waals surface area (Å²) in [6.07, 6.45) is -4.90. The Morgan fingerprint density at radius 1 is 1.12 bits per heavy atom. The molecule has 1 N–H and O–H groups in total. The van der Waals surface area contributed by atoms with Gasteiger partial charge in [-0.3, -0.25) is 0 Å². The number of carbonyl (C=O) groups is 1. The van der Waals surface area contributed by atoms with Crippen LogP contribution in [0.2, 0.25) is 5.02 Å². The van der Waals surface area contributed by atoms with Crippen molar-refractivity contribution in [3.05, 3.63) is 46.7 Å². The Morgan fingerprint density at radius 2 is 1.80 bits per heavy atom. The van der Waals surface area contributed by atoms with Crippen molar-refractivity contribution in [3.8, 4) is 23.0 Å². The number of methoxy groups -OCH3 is 1. The molecular formula is C15H9ClF4O5. The van der Waals surface area contributed by atoms with Crippen molar-refractivity contribution < 1.29 is 41.7 Å². The van der Waals surface area contributed by atoms with Crippen LogP contribution in [-0.4, -0.2) is 24.5 Å².